The Kier molecular flexibility index (Phi) is 6.95. The molecule has 1 aromatic carbocycles. The predicted octanol–water partition coefficient (Wildman–Crippen LogP) is 0.832. The zero-order valence-electron chi connectivity index (χ0n) is 15.9. The Hall–Kier alpha value is -2.42. The van der Waals surface area contributed by atoms with Crippen LogP contribution in [0.5, 0.6) is 0 Å². The summed E-state index contributed by atoms with van der Waals surface area (Å²) in [5, 5.41) is 2.76. The fourth-order valence-corrected chi connectivity index (χ4v) is 4.05. The van der Waals surface area contributed by atoms with Crippen LogP contribution in [0.4, 0.5) is 0 Å². The van der Waals surface area contributed by atoms with Crippen molar-refractivity contribution in [3.8, 4) is 0 Å². The molecule has 1 aliphatic rings. The number of sulfonamides is 1. The quantitative estimate of drug-likeness (QED) is 0.704. The van der Waals surface area contributed by atoms with Crippen molar-refractivity contribution in [3.05, 3.63) is 29.8 Å². The number of carbonyl (C=O) groups is 2. The molecular weight excluding hydrogens is 368 g/mol. The molecule has 1 heterocycles. The molecule has 0 aromatic heterocycles. The van der Waals surface area contributed by atoms with Crippen molar-refractivity contribution in [2.75, 3.05) is 33.2 Å². The molecule has 9 heteroatoms. The molecule has 27 heavy (non-hydrogen) atoms. The Morgan fingerprint density at radius 2 is 1.81 bits per heavy atom. The van der Waals surface area contributed by atoms with Gasteiger partial charge in [0.05, 0.1) is 13.1 Å². The minimum atomic E-state index is -3.74. The van der Waals surface area contributed by atoms with Crippen LogP contribution in [0.2, 0.25) is 0 Å². The molecule has 0 fully saturated rings. The number of amidine groups is 1. The van der Waals surface area contributed by atoms with Crippen LogP contribution in [0.15, 0.2) is 33.6 Å². The van der Waals surface area contributed by atoms with Gasteiger partial charge >= 0.3 is 0 Å². The lowest BCUT2D eigenvalue weighted by atomic mass is 10.2. The standard InChI is InChI=1S/C18H26N4O4S/c1-4-10-19-16(23)12-22(11-5-2)17(24)13-21(3)18-14-8-6-7-9-15(14)27(25,26)20-18/h6-9H,4-5,10-13H2,1-3H3,(H,19,23). The number of hydrogen-bond donors (Lipinski definition) is 1. The first-order valence-electron chi connectivity index (χ1n) is 9.00. The van der Waals surface area contributed by atoms with Gasteiger partial charge in [0.1, 0.15) is 4.90 Å². The molecule has 1 aromatic rings. The normalized spacial score (nSPS) is 14.3. The van der Waals surface area contributed by atoms with E-state index in [0.717, 1.165) is 6.42 Å². The highest BCUT2D eigenvalue weighted by Crippen LogP contribution is 2.26. The highest BCUT2D eigenvalue weighted by atomic mass is 32.2. The fraction of sp³-hybridized carbons (Fsp3) is 0.500. The van der Waals surface area contributed by atoms with E-state index >= 15 is 0 Å². The molecule has 0 unspecified atom stereocenters. The number of fused-ring (bicyclic) bond motifs is 1. The first-order chi connectivity index (χ1) is 12.8. The smallest absolute Gasteiger partial charge is 0.285 e. The zero-order chi connectivity index (χ0) is 20.0. The highest BCUT2D eigenvalue weighted by Gasteiger charge is 2.31. The van der Waals surface area contributed by atoms with Crippen LogP contribution in [0.3, 0.4) is 0 Å². The van der Waals surface area contributed by atoms with Crippen LogP contribution in [0.1, 0.15) is 32.3 Å². The Morgan fingerprint density at radius 1 is 1.11 bits per heavy atom. The van der Waals surface area contributed by atoms with E-state index in [-0.39, 0.29) is 35.6 Å². The van der Waals surface area contributed by atoms with Gasteiger partial charge in [0, 0.05) is 25.7 Å². The lowest BCUT2D eigenvalue weighted by Crippen LogP contribution is -2.46. The van der Waals surface area contributed by atoms with Gasteiger partial charge in [-0.05, 0) is 25.0 Å². The van der Waals surface area contributed by atoms with Crippen LogP contribution in [0, 0.1) is 0 Å². The number of hydrogen-bond acceptors (Lipinski definition) is 5. The Morgan fingerprint density at radius 3 is 2.48 bits per heavy atom. The van der Waals surface area contributed by atoms with Gasteiger partial charge in [0.2, 0.25) is 11.8 Å². The van der Waals surface area contributed by atoms with E-state index in [9.17, 15) is 18.0 Å². The van der Waals surface area contributed by atoms with Crippen LogP contribution in [-0.2, 0) is 19.6 Å². The van der Waals surface area contributed by atoms with Gasteiger partial charge in [-0.2, -0.15) is 8.42 Å². The lowest BCUT2D eigenvalue weighted by molar-refractivity contribution is -0.136. The number of amides is 2. The number of rotatable bonds is 8. The van der Waals surface area contributed by atoms with Gasteiger partial charge in [-0.25, -0.2) is 0 Å². The minimum Gasteiger partial charge on any atom is -0.355 e. The van der Waals surface area contributed by atoms with Gasteiger partial charge in [0.25, 0.3) is 10.0 Å². The molecule has 0 saturated heterocycles. The Labute approximate surface area is 160 Å². The second-order valence-electron chi connectivity index (χ2n) is 6.41. The average molecular weight is 394 g/mol. The molecule has 0 bridgehead atoms. The molecular formula is C18H26N4O4S. The molecule has 2 amide bonds. The third-order valence-corrected chi connectivity index (χ3v) is 5.42. The van der Waals surface area contributed by atoms with Gasteiger partial charge < -0.3 is 15.1 Å². The maximum atomic E-state index is 12.7. The number of nitrogens with zero attached hydrogens (tertiary/aromatic N) is 3. The van der Waals surface area contributed by atoms with Crippen molar-refractivity contribution in [2.45, 2.75) is 31.6 Å². The van der Waals surface area contributed by atoms with Gasteiger partial charge in [-0.3, -0.25) is 9.59 Å². The summed E-state index contributed by atoms with van der Waals surface area (Å²) in [4.78, 5) is 27.8. The summed E-state index contributed by atoms with van der Waals surface area (Å²) < 4.78 is 28.2. The minimum absolute atomic E-state index is 0.0120. The van der Waals surface area contributed by atoms with E-state index in [1.807, 2.05) is 13.8 Å². The molecule has 0 saturated carbocycles. The summed E-state index contributed by atoms with van der Waals surface area (Å²) in [6.45, 7) is 4.83. The monoisotopic (exact) mass is 394 g/mol. The first-order valence-corrected chi connectivity index (χ1v) is 10.4. The topological polar surface area (TPSA) is 99.2 Å². The van der Waals surface area contributed by atoms with E-state index in [1.54, 1.807) is 25.2 Å². The summed E-state index contributed by atoms with van der Waals surface area (Å²) >= 11 is 0. The fourth-order valence-electron chi connectivity index (χ4n) is 2.80. The highest BCUT2D eigenvalue weighted by molar-refractivity contribution is 7.90. The molecule has 0 radical (unpaired) electrons. The van der Waals surface area contributed by atoms with Crippen LogP contribution in [-0.4, -0.2) is 69.1 Å². The third kappa shape index (κ3) is 5.06. The number of benzene rings is 1. The molecule has 2 rings (SSSR count). The molecule has 148 valence electrons. The largest absolute Gasteiger partial charge is 0.355 e. The number of carbonyl (C=O) groups excluding carboxylic acids is 2. The van der Waals surface area contributed by atoms with Crippen molar-refractivity contribution in [3.63, 3.8) is 0 Å². The molecule has 0 aliphatic carbocycles. The Balaban J connectivity index is 2.10. The SMILES string of the molecule is CCCNC(=O)CN(CCC)C(=O)CN(C)C1=NS(=O)(=O)c2ccccc21. The van der Waals surface area contributed by atoms with Gasteiger partial charge in [-0.1, -0.05) is 26.0 Å². The van der Waals surface area contributed by atoms with Crippen molar-refractivity contribution >= 4 is 27.7 Å². The molecule has 0 atom stereocenters. The van der Waals surface area contributed by atoms with Crippen molar-refractivity contribution in [2.24, 2.45) is 4.40 Å². The van der Waals surface area contributed by atoms with Crippen LogP contribution in [0.25, 0.3) is 0 Å². The zero-order valence-corrected chi connectivity index (χ0v) is 16.8. The number of nitrogens with one attached hydrogen (secondary N) is 1. The predicted molar refractivity (Wildman–Crippen MR) is 103 cm³/mol. The maximum absolute atomic E-state index is 12.7. The summed E-state index contributed by atoms with van der Waals surface area (Å²) in [5.41, 5.74) is 0.482. The third-order valence-electron chi connectivity index (χ3n) is 4.10. The lowest BCUT2D eigenvalue weighted by Gasteiger charge is -2.25. The summed E-state index contributed by atoms with van der Waals surface area (Å²) in [6, 6.07) is 6.53. The van der Waals surface area contributed by atoms with E-state index in [2.05, 4.69) is 9.71 Å². The van der Waals surface area contributed by atoms with Crippen molar-refractivity contribution in [1.82, 2.24) is 15.1 Å². The molecule has 1 N–H and O–H groups in total. The number of likely N-dealkylation sites (N-methyl/N-ethyl adjacent to an activating group) is 1. The molecule has 8 nitrogen and oxygen atoms in total. The van der Waals surface area contributed by atoms with Crippen LogP contribution >= 0.6 is 0 Å². The van der Waals surface area contributed by atoms with E-state index in [0.29, 0.717) is 25.1 Å². The van der Waals surface area contributed by atoms with E-state index in [1.165, 1.54) is 15.9 Å². The van der Waals surface area contributed by atoms with Gasteiger partial charge in [0.15, 0.2) is 5.84 Å². The summed E-state index contributed by atoms with van der Waals surface area (Å²) in [7, 11) is -2.12. The van der Waals surface area contributed by atoms with Gasteiger partial charge in [-0.15, -0.1) is 4.40 Å². The van der Waals surface area contributed by atoms with Crippen molar-refractivity contribution in [1.29, 1.82) is 0 Å². The van der Waals surface area contributed by atoms with Crippen LogP contribution < -0.4 is 5.32 Å². The first kappa shape index (κ1) is 20.9. The second kappa shape index (κ2) is 8.98. The second-order valence-corrected chi connectivity index (χ2v) is 7.98. The summed E-state index contributed by atoms with van der Waals surface area (Å²) in [6.07, 6.45) is 1.54. The maximum Gasteiger partial charge on any atom is 0.285 e. The Bertz CT molecular complexity index is 836. The molecule has 1 aliphatic heterocycles. The van der Waals surface area contributed by atoms with E-state index in [4.69, 9.17) is 0 Å². The average Bonchev–Trinajstić information content (AvgIpc) is 2.91. The summed E-state index contributed by atoms with van der Waals surface area (Å²) in [5.74, 6) is -0.214. The molecule has 0 spiro atoms. The van der Waals surface area contributed by atoms with Crippen molar-refractivity contribution < 1.29 is 18.0 Å². The van der Waals surface area contributed by atoms with E-state index < -0.39 is 10.0 Å².